The predicted molar refractivity (Wildman–Crippen MR) is 68.9 cm³/mol. The van der Waals surface area contributed by atoms with E-state index in [0.717, 1.165) is 44.6 Å². The maximum Gasteiger partial charge on any atom is 0.119 e. The highest BCUT2D eigenvalue weighted by Crippen LogP contribution is 2.32. The van der Waals surface area contributed by atoms with Crippen LogP contribution in [-0.2, 0) is 4.74 Å². The summed E-state index contributed by atoms with van der Waals surface area (Å²) in [6, 6.07) is 8.21. The van der Waals surface area contributed by atoms with Gasteiger partial charge in [-0.25, -0.2) is 0 Å². The number of aliphatic hydroxyl groups is 1. The lowest BCUT2D eigenvalue weighted by Crippen LogP contribution is -2.42. The molecule has 0 radical (unpaired) electrons. The quantitative estimate of drug-likeness (QED) is 0.889. The molecule has 0 bridgehead atoms. The van der Waals surface area contributed by atoms with Gasteiger partial charge in [-0.1, -0.05) is 12.1 Å². The Kier molecular flexibility index (Phi) is 3.27. The molecule has 3 rings (SSSR count). The topological polar surface area (TPSA) is 38.7 Å². The first-order chi connectivity index (χ1) is 8.75. The molecular weight excluding hydrogens is 228 g/mol. The highest BCUT2D eigenvalue weighted by atomic mass is 16.5. The monoisotopic (exact) mass is 248 g/mol. The van der Waals surface area contributed by atoms with Crippen LogP contribution in [0.15, 0.2) is 24.3 Å². The van der Waals surface area contributed by atoms with Gasteiger partial charge in [0, 0.05) is 12.5 Å². The molecule has 0 spiro atoms. The Morgan fingerprint density at radius 2 is 2.06 bits per heavy atom. The molecule has 0 aromatic heterocycles. The fourth-order valence-electron chi connectivity index (χ4n) is 2.58. The number of benzene rings is 1. The lowest BCUT2D eigenvalue weighted by atomic mass is 9.81. The van der Waals surface area contributed by atoms with Gasteiger partial charge in [0.1, 0.15) is 12.4 Å². The fourth-order valence-corrected chi connectivity index (χ4v) is 2.58. The van der Waals surface area contributed by atoms with Crippen molar-refractivity contribution in [1.29, 1.82) is 0 Å². The smallest absolute Gasteiger partial charge is 0.119 e. The summed E-state index contributed by atoms with van der Waals surface area (Å²) in [5.74, 6) is 1.38. The van der Waals surface area contributed by atoms with E-state index in [4.69, 9.17) is 9.47 Å². The average molecular weight is 248 g/mol. The van der Waals surface area contributed by atoms with Crippen LogP contribution in [0.2, 0.25) is 0 Å². The zero-order valence-corrected chi connectivity index (χ0v) is 10.6. The van der Waals surface area contributed by atoms with Gasteiger partial charge in [-0.05, 0) is 43.4 Å². The molecule has 3 nitrogen and oxygen atoms in total. The molecular formula is C15H20O3. The van der Waals surface area contributed by atoms with Crippen LogP contribution < -0.4 is 4.74 Å². The Morgan fingerprint density at radius 1 is 1.28 bits per heavy atom. The Bertz CT molecular complexity index is 389. The van der Waals surface area contributed by atoms with Gasteiger partial charge < -0.3 is 14.6 Å². The molecule has 1 aromatic rings. The van der Waals surface area contributed by atoms with Crippen molar-refractivity contribution >= 4 is 0 Å². The third-order valence-corrected chi connectivity index (χ3v) is 4.07. The molecule has 0 amide bonds. The number of ether oxygens (including phenoxy) is 2. The van der Waals surface area contributed by atoms with E-state index in [1.807, 2.05) is 12.1 Å². The van der Waals surface area contributed by atoms with Crippen LogP contribution in [0.25, 0.3) is 0 Å². The fraction of sp³-hybridized carbons (Fsp3) is 0.600. The standard InChI is InChI=1S/C15H20O3/c16-15(7-1-8-15)11-18-14-4-2-12(3-5-14)13-6-9-17-10-13/h2-5,13,16H,1,6-11H2. The van der Waals surface area contributed by atoms with Crippen molar-refractivity contribution in [3.63, 3.8) is 0 Å². The Labute approximate surface area is 108 Å². The van der Waals surface area contributed by atoms with Crippen molar-refractivity contribution in [1.82, 2.24) is 0 Å². The maximum absolute atomic E-state index is 9.96. The van der Waals surface area contributed by atoms with E-state index in [2.05, 4.69) is 12.1 Å². The molecule has 1 saturated heterocycles. The summed E-state index contributed by atoms with van der Waals surface area (Å²) >= 11 is 0. The summed E-state index contributed by atoms with van der Waals surface area (Å²) in [5.41, 5.74) is 0.750. The van der Waals surface area contributed by atoms with Crippen LogP contribution >= 0.6 is 0 Å². The van der Waals surface area contributed by atoms with Gasteiger partial charge >= 0.3 is 0 Å². The first-order valence-corrected chi connectivity index (χ1v) is 6.78. The normalized spacial score (nSPS) is 25.7. The van der Waals surface area contributed by atoms with Crippen LogP contribution in [0, 0.1) is 0 Å². The molecule has 1 atom stereocenters. The van der Waals surface area contributed by atoms with Gasteiger partial charge in [0.25, 0.3) is 0 Å². The van der Waals surface area contributed by atoms with Gasteiger partial charge in [-0.15, -0.1) is 0 Å². The number of hydrogen-bond acceptors (Lipinski definition) is 3. The maximum atomic E-state index is 9.96. The van der Waals surface area contributed by atoms with E-state index in [9.17, 15) is 5.11 Å². The average Bonchev–Trinajstić information content (AvgIpc) is 2.88. The van der Waals surface area contributed by atoms with E-state index in [-0.39, 0.29) is 0 Å². The molecule has 18 heavy (non-hydrogen) atoms. The van der Waals surface area contributed by atoms with Crippen molar-refractivity contribution in [3.8, 4) is 5.75 Å². The van der Waals surface area contributed by atoms with Gasteiger partial charge in [0.15, 0.2) is 0 Å². The van der Waals surface area contributed by atoms with Crippen LogP contribution in [0.3, 0.4) is 0 Å². The van der Waals surface area contributed by atoms with Crippen LogP contribution in [-0.4, -0.2) is 30.5 Å². The van der Waals surface area contributed by atoms with Crippen molar-refractivity contribution in [2.45, 2.75) is 37.2 Å². The molecule has 1 unspecified atom stereocenters. The summed E-state index contributed by atoms with van der Waals surface area (Å²) in [5, 5.41) is 9.96. The summed E-state index contributed by atoms with van der Waals surface area (Å²) in [6.07, 6.45) is 3.95. The van der Waals surface area contributed by atoms with E-state index in [1.165, 1.54) is 5.56 Å². The van der Waals surface area contributed by atoms with Crippen LogP contribution in [0.5, 0.6) is 5.75 Å². The number of hydrogen-bond donors (Lipinski definition) is 1. The van der Waals surface area contributed by atoms with Crippen molar-refractivity contribution in [2.24, 2.45) is 0 Å². The molecule has 2 aliphatic rings. The van der Waals surface area contributed by atoms with E-state index < -0.39 is 5.60 Å². The van der Waals surface area contributed by atoms with E-state index in [0.29, 0.717) is 12.5 Å². The lowest BCUT2D eigenvalue weighted by Gasteiger charge is -2.36. The molecule has 1 aromatic carbocycles. The first kappa shape index (κ1) is 12.0. The molecule has 1 aliphatic heterocycles. The minimum atomic E-state index is -0.571. The molecule has 1 heterocycles. The van der Waals surface area contributed by atoms with Gasteiger partial charge in [-0.2, -0.15) is 0 Å². The third kappa shape index (κ3) is 2.52. The summed E-state index contributed by atoms with van der Waals surface area (Å²) < 4.78 is 11.0. The lowest BCUT2D eigenvalue weighted by molar-refractivity contribution is -0.0663. The molecule has 98 valence electrons. The van der Waals surface area contributed by atoms with Crippen molar-refractivity contribution in [3.05, 3.63) is 29.8 Å². The summed E-state index contributed by atoms with van der Waals surface area (Å²) in [4.78, 5) is 0. The third-order valence-electron chi connectivity index (χ3n) is 4.07. The summed E-state index contributed by atoms with van der Waals surface area (Å²) in [7, 11) is 0. The molecule has 1 N–H and O–H groups in total. The SMILES string of the molecule is OC1(COc2ccc(C3CCOC3)cc2)CCC1. The zero-order chi connectivity index (χ0) is 12.4. The highest BCUT2D eigenvalue weighted by Gasteiger charge is 2.35. The van der Waals surface area contributed by atoms with Crippen LogP contribution in [0.1, 0.15) is 37.2 Å². The minimum absolute atomic E-state index is 0.416. The molecule has 2 fully saturated rings. The first-order valence-electron chi connectivity index (χ1n) is 6.78. The second-order valence-electron chi connectivity index (χ2n) is 5.50. The van der Waals surface area contributed by atoms with E-state index in [1.54, 1.807) is 0 Å². The molecule has 1 saturated carbocycles. The minimum Gasteiger partial charge on any atom is -0.491 e. The Hall–Kier alpha value is -1.06. The van der Waals surface area contributed by atoms with Gasteiger partial charge in [-0.3, -0.25) is 0 Å². The number of rotatable bonds is 4. The highest BCUT2D eigenvalue weighted by molar-refractivity contribution is 5.30. The van der Waals surface area contributed by atoms with Gasteiger partial charge in [0.2, 0.25) is 0 Å². The largest absolute Gasteiger partial charge is 0.491 e. The van der Waals surface area contributed by atoms with E-state index >= 15 is 0 Å². The van der Waals surface area contributed by atoms with Crippen molar-refractivity contribution in [2.75, 3.05) is 19.8 Å². The molecule has 1 aliphatic carbocycles. The molecule has 3 heteroatoms. The Morgan fingerprint density at radius 3 is 2.61 bits per heavy atom. The van der Waals surface area contributed by atoms with Crippen LogP contribution in [0.4, 0.5) is 0 Å². The van der Waals surface area contributed by atoms with Gasteiger partial charge in [0.05, 0.1) is 12.2 Å². The summed E-state index contributed by atoms with van der Waals surface area (Å²) in [6.45, 7) is 2.12. The Balaban J connectivity index is 1.57. The zero-order valence-electron chi connectivity index (χ0n) is 10.6. The second kappa shape index (κ2) is 4.90. The van der Waals surface area contributed by atoms with Crippen molar-refractivity contribution < 1.29 is 14.6 Å². The predicted octanol–water partition coefficient (Wildman–Crippen LogP) is 2.48. The second-order valence-corrected chi connectivity index (χ2v) is 5.50.